The molecule has 7 nitrogen and oxygen atoms in total. The second-order valence-corrected chi connectivity index (χ2v) is 8.26. The van der Waals surface area contributed by atoms with Crippen molar-refractivity contribution in [3.63, 3.8) is 0 Å². The van der Waals surface area contributed by atoms with Crippen molar-refractivity contribution < 1.29 is 18.4 Å². The van der Waals surface area contributed by atoms with E-state index in [1.54, 1.807) is 17.0 Å². The zero-order valence-corrected chi connectivity index (χ0v) is 18.7. The number of likely N-dealkylation sites (tertiary alicyclic amines) is 1. The summed E-state index contributed by atoms with van der Waals surface area (Å²) in [5.41, 5.74) is -0.0366. The number of halogens is 3. The van der Waals surface area contributed by atoms with Crippen LogP contribution in [0.2, 0.25) is 0 Å². The molecule has 2 aromatic carbocycles. The molecule has 0 radical (unpaired) electrons. The summed E-state index contributed by atoms with van der Waals surface area (Å²) >= 11 is 3.24. The summed E-state index contributed by atoms with van der Waals surface area (Å²) in [5, 5.41) is 13.1. The van der Waals surface area contributed by atoms with Crippen LogP contribution in [0.15, 0.2) is 59.2 Å². The number of carbonyl (C=O) groups excluding carboxylic acids is 2. The smallest absolute Gasteiger partial charge is 0.259 e. The van der Waals surface area contributed by atoms with Crippen molar-refractivity contribution in [2.24, 2.45) is 0 Å². The van der Waals surface area contributed by atoms with E-state index in [9.17, 15) is 18.4 Å². The predicted octanol–water partition coefficient (Wildman–Crippen LogP) is 4.66. The summed E-state index contributed by atoms with van der Waals surface area (Å²) < 4.78 is 29.2. The van der Waals surface area contributed by atoms with Crippen LogP contribution in [0.3, 0.4) is 0 Å². The molecule has 1 saturated heterocycles. The third-order valence-corrected chi connectivity index (χ3v) is 5.57. The maximum Gasteiger partial charge on any atom is 0.259 e. The van der Waals surface area contributed by atoms with Crippen molar-refractivity contribution in [1.29, 1.82) is 5.41 Å². The Kier molecular flexibility index (Phi) is 6.45. The van der Waals surface area contributed by atoms with Crippen molar-refractivity contribution in [1.82, 2.24) is 9.88 Å². The van der Waals surface area contributed by atoms with Gasteiger partial charge >= 0.3 is 0 Å². The van der Waals surface area contributed by atoms with E-state index in [0.717, 1.165) is 37.7 Å². The van der Waals surface area contributed by atoms with Gasteiger partial charge in [0.25, 0.3) is 11.8 Å². The Morgan fingerprint density at radius 1 is 0.970 bits per heavy atom. The van der Waals surface area contributed by atoms with Gasteiger partial charge in [0.05, 0.1) is 16.8 Å². The Labute approximate surface area is 196 Å². The van der Waals surface area contributed by atoms with Gasteiger partial charge in [-0.05, 0) is 64.8 Å². The normalized spacial score (nSPS) is 12.6. The molecule has 0 aliphatic carbocycles. The predicted molar refractivity (Wildman–Crippen MR) is 124 cm³/mol. The number of nitrogens with zero attached hydrogens (tertiary/aromatic N) is 2. The third-order valence-electron chi connectivity index (χ3n) is 5.10. The van der Waals surface area contributed by atoms with Crippen LogP contribution in [0.25, 0.3) is 0 Å². The summed E-state index contributed by atoms with van der Waals surface area (Å²) in [5.74, 6) is -2.55. The van der Waals surface area contributed by atoms with Crippen molar-refractivity contribution in [2.45, 2.75) is 6.42 Å². The number of amidine groups is 1. The van der Waals surface area contributed by atoms with E-state index < -0.39 is 23.4 Å². The molecule has 2 amide bonds. The fraction of sp³-hybridized carbons (Fsp3) is 0.130. The highest BCUT2D eigenvalue weighted by Gasteiger charge is 2.22. The fourth-order valence-corrected chi connectivity index (χ4v) is 3.44. The standard InChI is InChI=1S/C23H18BrF2N5O2/c24-14-3-7-20(28-12-14)30-23(33)17-11-15(25)4-6-19(17)29-22(32)16-5-2-13(10-18(16)26)21(27)31-8-1-9-31/h2-7,10-12,27H,1,8-9H2,(H,29,32)(H,28,30,33). The molecule has 4 rings (SSSR count). The molecule has 168 valence electrons. The first-order chi connectivity index (χ1) is 15.8. The maximum absolute atomic E-state index is 14.7. The Hall–Kier alpha value is -3.66. The highest BCUT2D eigenvalue weighted by Crippen LogP contribution is 2.22. The van der Waals surface area contributed by atoms with E-state index in [4.69, 9.17) is 5.41 Å². The third kappa shape index (κ3) is 5.06. The van der Waals surface area contributed by atoms with Crippen molar-refractivity contribution in [3.8, 4) is 0 Å². The number of rotatable bonds is 5. The van der Waals surface area contributed by atoms with E-state index in [1.165, 1.54) is 24.4 Å². The minimum atomic E-state index is -0.808. The number of anilines is 2. The first kappa shape index (κ1) is 22.5. The Balaban J connectivity index is 1.53. The summed E-state index contributed by atoms with van der Waals surface area (Å²) in [7, 11) is 0. The van der Waals surface area contributed by atoms with Crippen LogP contribution in [0, 0.1) is 17.0 Å². The van der Waals surface area contributed by atoms with E-state index in [1.807, 2.05) is 0 Å². The van der Waals surface area contributed by atoms with Gasteiger partial charge in [0.1, 0.15) is 23.3 Å². The summed E-state index contributed by atoms with van der Waals surface area (Å²) in [6.45, 7) is 1.49. The lowest BCUT2D eigenvalue weighted by Crippen LogP contribution is -2.42. The zero-order chi connectivity index (χ0) is 23.5. The molecular formula is C23H18BrF2N5O2. The van der Waals surface area contributed by atoms with Gasteiger partial charge in [0, 0.05) is 29.3 Å². The van der Waals surface area contributed by atoms with Crippen molar-refractivity contribution >= 4 is 45.1 Å². The van der Waals surface area contributed by atoms with Gasteiger partial charge in [-0.25, -0.2) is 13.8 Å². The molecule has 33 heavy (non-hydrogen) atoms. The number of aromatic nitrogens is 1. The van der Waals surface area contributed by atoms with Gasteiger partial charge in [-0.1, -0.05) is 6.07 Å². The average molecular weight is 514 g/mol. The molecule has 1 aliphatic rings. The first-order valence-corrected chi connectivity index (χ1v) is 10.8. The largest absolute Gasteiger partial charge is 0.356 e. The number of benzene rings is 2. The Morgan fingerprint density at radius 3 is 2.36 bits per heavy atom. The van der Waals surface area contributed by atoms with Crippen LogP contribution in [-0.4, -0.2) is 40.6 Å². The van der Waals surface area contributed by atoms with Crippen LogP contribution < -0.4 is 10.6 Å². The average Bonchev–Trinajstić information content (AvgIpc) is 2.75. The Morgan fingerprint density at radius 2 is 1.73 bits per heavy atom. The van der Waals surface area contributed by atoms with Crippen LogP contribution in [0.5, 0.6) is 0 Å². The van der Waals surface area contributed by atoms with Crippen LogP contribution >= 0.6 is 15.9 Å². The lowest BCUT2D eigenvalue weighted by Gasteiger charge is -2.33. The SMILES string of the molecule is N=C(c1ccc(C(=O)Nc2ccc(F)cc2C(=O)Nc2ccc(Br)cn2)c(F)c1)N1CCC1. The second kappa shape index (κ2) is 9.45. The monoisotopic (exact) mass is 513 g/mol. The number of amides is 2. The molecule has 3 N–H and O–H groups in total. The lowest BCUT2D eigenvalue weighted by atomic mass is 10.1. The molecule has 0 spiro atoms. The van der Waals surface area contributed by atoms with Crippen molar-refractivity contribution in [3.05, 3.63) is 87.5 Å². The molecule has 10 heteroatoms. The molecule has 0 saturated carbocycles. The second-order valence-electron chi connectivity index (χ2n) is 7.34. The minimum Gasteiger partial charge on any atom is -0.356 e. The molecule has 0 unspecified atom stereocenters. The summed E-state index contributed by atoms with van der Waals surface area (Å²) in [6, 6.07) is 10.4. The van der Waals surface area contributed by atoms with Gasteiger partial charge in [-0.15, -0.1) is 0 Å². The Bertz CT molecular complexity index is 1250. The fourth-order valence-electron chi connectivity index (χ4n) is 3.21. The molecule has 2 heterocycles. The highest BCUT2D eigenvalue weighted by molar-refractivity contribution is 9.10. The molecule has 0 bridgehead atoms. The van der Waals surface area contributed by atoms with E-state index >= 15 is 0 Å². The minimum absolute atomic E-state index is 0.00723. The van der Waals surface area contributed by atoms with Gasteiger partial charge in [0.2, 0.25) is 0 Å². The highest BCUT2D eigenvalue weighted by atomic mass is 79.9. The number of carbonyl (C=O) groups is 2. The van der Waals surface area contributed by atoms with Crippen LogP contribution in [0.4, 0.5) is 20.3 Å². The van der Waals surface area contributed by atoms with E-state index in [-0.39, 0.29) is 28.5 Å². The number of hydrogen-bond donors (Lipinski definition) is 3. The van der Waals surface area contributed by atoms with Gasteiger partial charge < -0.3 is 15.5 Å². The van der Waals surface area contributed by atoms with Gasteiger partial charge in [-0.2, -0.15) is 0 Å². The van der Waals surface area contributed by atoms with Crippen LogP contribution in [-0.2, 0) is 0 Å². The molecule has 1 aromatic heterocycles. The van der Waals surface area contributed by atoms with E-state index in [2.05, 4.69) is 31.5 Å². The molecule has 3 aromatic rings. The van der Waals surface area contributed by atoms with E-state index in [0.29, 0.717) is 10.0 Å². The number of hydrogen-bond acceptors (Lipinski definition) is 4. The molecule has 1 aliphatic heterocycles. The molecule has 1 fully saturated rings. The first-order valence-electron chi connectivity index (χ1n) is 9.99. The topological polar surface area (TPSA) is 98.2 Å². The maximum atomic E-state index is 14.7. The quantitative estimate of drug-likeness (QED) is 0.341. The number of nitrogens with one attached hydrogen (secondary N) is 3. The van der Waals surface area contributed by atoms with Crippen molar-refractivity contribution in [2.75, 3.05) is 23.7 Å². The summed E-state index contributed by atoms with van der Waals surface area (Å²) in [4.78, 5) is 31.2. The zero-order valence-electron chi connectivity index (χ0n) is 17.2. The molecule has 0 atom stereocenters. The van der Waals surface area contributed by atoms with Gasteiger partial charge in [-0.3, -0.25) is 15.0 Å². The summed E-state index contributed by atoms with van der Waals surface area (Å²) in [6.07, 6.45) is 2.47. The molecular weight excluding hydrogens is 496 g/mol. The lowest BCUT2D eigenvalue weighted by molar-refractivity contribution is 0.102. The van der Waals surface area contributed by atoms with Crippen LogP contribution in [0.1, 0.15) is 32.7 Å². The van der Waals surface area contributed by atoms with Gasteiger partial charge in [0.15, 0.2) is 0 Å². The number of pyridine rings is 1.